The Hall–Kier alpha value is -3.60. The normalized spacial score (nSPS) is 12.9. The SMILES string of the molecule is CC(C)(C)OC(=O)C(c1ccccc1)C(Cc1ccccc1)NC(=O)OCc1ccccc1. The summed E-state index contributed by atoms with van der Waals surface area (Å²) in [6.07, 6.45) is -0.135. The fourth-order valence-electron chi connectivity index (χ4n) is 3.59. The Morgan fingerprint density at radius 2 is 1.30 bits per heavy atom. The van der Waals surface area contributed by atoms with E-state index < -0.39 is 29.6 Å². The van der Waals surface area contributed by atoms with E-state index in [1.165, 1.54) is 0 Å². The number of hydrogen-bond acceptors (Lipinski definition) is 4. The summed E-state index contributed by atoms with van der Waals surface area (Å²) in [6, 6.07) is 28.1. The van der Waals surface area contributed by atoms with E-state index in [0.29, 0.717) is 6.42 Å². The lowest BCUT2D eigenvalue weighted by Crippen LogP contribution is -2.45. The summed E-state index contributed by atoms with van der Waals surface area (Å²) in [5, 5.41) is 2.94. The second-order valence-corrected chi connectivity index (χ2v) is 8.92. The Labute approximate surface area is 195 Å². The third kappa shape index (κ3) is 7.79. The minimum atomic E-state index is -0.699. The van der Waals surface area contributed by atoms with Gasteiger partial charge in [-0.3, -0.25) is 4.79 Å². The lowest BCUT2D eigenvalue weighted by atomic mass is 9.87. The number of carbonyl (C=O) groups excluding carboxylic acids is 2. The van der Waals surface area contributed by atoms with Gasteiger partial charge in [-0.15, -0.1) is 0 Å². The predicted molar refractivity (Wildman–Crippen MR) is 129 cm³/mol. The van der Waals surface area contributed by atoms with Gasteiger partial charge in [0.2, 0.25) is 0 Å². The van der Waals surface area contributed by atoms with Crippen LogP contribution in [-0.2, 0) is 27.3 Å². The Morgan fingerprint density at radius 3 is 1.85 bits per heavy atom. The van der Waals surface area contributed by atoms with E-state index in [2.05, 4.69) is 5.32 Å². The molecule has 3 aromatic carbocycles. The number of nitrogens with one attached hydrogen (secondary N) is 1. The van der Waals surface area contributed by atoms with Crippen LogP contribution >= 0.6 is 0 Å². The molecule has 0 aliphatic rings. The molecule has 33 heavy (non-hydrogen) atoms. The predicted octanol–water partition coefficient (Wildman–Crippen LogP) is 5.65. The van der Waals surface area contributed by atoms with Gasteiger partial charge in [0, 0.05) is 0 Å². The second kappa shape index (κ2) is 11.3. The Kier molecular flexibility index (Phi) is 8.25. The maximum absolute atomic E-state index is 13.3. The molecular weight excluding hydrogens is 414 g/mol. The van der Waals surface area contributed by atoms with Gasteiger partial charge in [0.15, 0.2) is 0 Å². The molecule has 0 aliphatic carbocycles. The lowest BCUT2D eigenvalue weighted by Gasteiger charge is -2.30. The molecule has 3 rings (SSSR count). The number of amides is 1. The van der Waals surface area contributed by atoms with Crippen molar-refractivity contribution in [2.75, 3.05) is 0 Å². The van der Waals surface area contributed by atoms with Gasteiger partial charge in [-0.1, -0.05) is 91.0 Å². The molecule has 0 spiro atoms. The highest BCUT2D eigenvalue weighted by atomic mass is 16.6. The molecule has 0 saturated carbocycles. The number of esters is 1. The van der Waals surface area contributed by atoms with E-state index in [1.807, 2.05) is 112 Å². The molecule has 0 aliphatic heterocycles. The maximum atomic E-state index is 13.3. The zero-order valence-corrected chi connectivity index (χ0v) is 19.4. The molecule has 5 nitrogen and oxygen atoms in total. The van der Waals surface area contributed by atoms with E-state index in [4.69, 9.17) is 9.47 Å². The maximum Gasteiger partial charge on any atom is 0.407 e. The average Bonchev–Trinajstić information content (AvgIpc) is 2.79. The number of ether oxygens (including phenoxy) is 2. The average molecular weight is 446 g/mol. The number of hydrogen-bond donors (Lipinski definition) is 1. The van der Waals surface area contributed by atoms with Crippen LogP contribution in [0.2, 0.25) is 0 Å². The van der Waals surface area contributed by atoms with Crippen LogP contribution in [-0.4, -0.2) is 23.7 Å². The van der Waals surface area contributed by atoms with Crippen LogP contribution in [0.1, 0.15) is 43.4 Å². The van der Waals surface area contributed by atoms with Gasteiger partial charge < -0.3 is 14.8 Å². The van der Waals surface area contributed by atoms with Gasteiger partial charge in [-0.25, -0.2) is 4.79 Å². The molecule has 1 amide bonds. The fraction of sp³-hybridized carbons (Fsp3) is 0.286. The van der Waals surface area contributed by atoms with Crippen LogP contribution in [0.15, 0.2) is 91.0 Å². The third-order valence-corrected chi connectivity index (χ3v) is 5.04. The van der Waals surface area contributed by atoms with Gasteiger partial charge in [-0.05, 0) is 43.9 Å². The Balaban J connectivity index is 1.86. The van der Waals surface area contributed by atoms with Crippen molar-refractivity contribution in [1.82, 2.24) is 5.32 Å². The molecule has 0 aromatic heterocycles. The Morgan fingerprint density at radius 1 is 0.788 bits per heavy atom. The quantitative estimate of drug-likeness (QED) is 0.455. The summed E-state index contributed by atoms with van der Waals surface area (Å²) in [5.41, 5.74) is 2.00. The van der Waals surface area contributed by atoms with Gasteiger partial charge >= 0.3 is 12.1 Å². The topological polar surface area (TPSA) is 64.6 Å². The van der Waals surface area contributed by atoms with Crippen molar-refractivity contribution < 1.29 is 19.1 Å². The van der Waals surface area contributed by atoms with Crippen molar-refractivity contribution in [3.63, 3.8) is 0 Å². The van der Waals surface area contributed by atoms with Crippen molar-refractivity contribution in [3.05, 3.63) is 108 Å². The summed E-state index contributed by atoms with van der Waals surface area (Å²) < 4.78 is 11.2. The van der Waals surface area contributed by atoms with Gasteiger partial charge in [0.05, 0.1) is 6.04 Å². The first-order valence-electron chi connectivity index (χ1n) is 11.1. The molecular formula is C28H31NO4. The van der Waals surface area contributed by atoms with E-state index in [1.54, 1.807) is 0 Å². The molecule has 2 unspecified atom stereocenters. The number of alkyl carbamates (subject to hydrolysis) is 1. The smallest absolute Gasteiger partial charge is 0.407 e. The van der Waals surface area contributed by atoms with Gasteiger partial charge in [0.1, 0.15) is 18.1 Å². The molecule has 0 radical (unpaired) electrons. The number of carbonyl (C=O) groups is 2. The summed E-state index contributed by atoms with van der Waals surface area (Å²) in [4.78, 5) is 26.1. The first-order chi connectivity index (χ1) is 15.8. The first-order valence-corrected chi connectivity index (χ1v) is 11.1. The fourth-order valence-corrected chi connectivity index (χ4v) is 3.59. The molecule has 1 N–H and O–H groups in total. The van der Waals surface area contributed by atoms with E-state index in [0.717, 1.165) is 16.7 Å². The van der Waals surface area contributed by atoms with Crippen LogP contribution in [0.3, 0.4) is 0 Å². The van der Waals surface area contributed by atoms with Crippen LogP contribution in [0.5, 0.6) is 0 Å². The van der Waals surface area contributed by atoms with E-state index in [-0.39, 0.29) is 6.61 Å². The van der Waals surface area contributed by atoms with Crippen LogP contribution in [0.4, 0.5) is 4.79 Å². The van der Waals surface area contributed by atoms with E-state index >= 15 is 0 Å². The molecule has 0 fully saturated rings. The van der Waals surface area contributed by atoms with Crippen LogP contribution in [0, 0.1) is 0 Å². The minimum Gasteiger partial charge on any atom is -0.459 e. The molecule has 172 valence electrons. The van der Waals surface area contributed by atoms with Crippen LogP contribution in [0.25, 0.3) is 0 Å². The van der Waals surface area contributed by atoms with Gasteiger partial charge in [0.25, 0.3) is 0 Å². The molecule has 0 heterocycles. The zero-order chi connectivity index (χ0) is 23.7. The van der Waals surface area contributed by atoms with E-state index in [9.17, 15) is 9.59 Å². The molecule has 5 heteroatoms. The number of rotatable bonds is 8. The monoisotopic (exact) mass is 445 g/mol. The lowest BCUT2D eigenvalue weighted by molar-refractivity contribution is -0.157. The summed E-state index contributed by atoms with van der Waals surface area (Å²) in [6.45, 7) is 5.65. The molecule has 2 atom stereocenters. The molecule has 0 bridgehead atoms. The minimum absolute atomic E-state index is 0.146. The van der Waals surface area contributed by atoms with Crippen LogP contribution < -0.4 is 5.32 Å². The highest BCUT2D eigenvalue weighted by molar-refractivity contribution is 5.81. The van der Waals surface area contributed by atoms with Crippen molar-refractivity contribution in [2.45, 2.75) is 51.4 Å². The standard InChI is InChI=1S/C28H31NO4/c1-28(2,3)33-26(30)25(23-17-11-6-12-18-23)24(19-21-13-7-4-8-14-21)29-27(31)32-20-22-15-9-5-10-16-22/h4-18,24-25H,19-20H2,1-3H3,(H,29,31). The van der Waals surface area contributed by atoms with Crippen molar-refractivity contribution >= 4 is 12.1 Å². The largest absolute Gasteiger partial charge is 0.459 e. The highest BCUT2D eigenvalue weighted by Crippen LogP contribution is 2.27. The van der Waals surface area contributed by atoms with Gasteiger partial charge in [-0.2, -0.15) is 0 Å². The van der Waals surface area contributed by atoms with Crippen molar-refractivity contribution in [3.8, 4) is 0 Å². The first kappa shape index (κ1) is 24.1. The van der Waals surface area contributed by atoms with Crippen molar-refractivity contribution in [2.24, 2.45) is 0 Å². The van der Waals surface area contributed by atoms with Crippen molar-refractivity contribution in [1.29, 1.82) is 0 Å². The third-order valence-electron chi connectivity index (χ3n) is 5.04. The number of benzene rings is 3. The zero-order valence-electron chi connectivity index (χ0n) is 19.4. The second-order valence-electron chi connectivity index (χ2n) is 8.92. The summed E-state index contributed by atoms with van der Waals surface area (Å²) in [5.74, 6) is -1.09. The highest BCUT2D eigenvalue weighted by Gasteiger charge is 2.35. The summed E-state index contributed by atoms with van der Waals surface area (Å²) >= 11 is 0. The molecule has 3 aromatic rings. The summed E-state index contributed by atoms with van der Waals surface area (Å²) in [7, 11) is 0. The Bertz CT molecular complexity index is 1010. The molecule has 0 saturated heterocycles.